The smallest absolute Gasteiger partial charge is 0.151 e. The van der Waals surface area contributed by atoms with E-state index in [0.29, 0.717) is 0 Å². The van der Waals surface area contributed by atoms with E-state index in [4.69, 9.17) is 4.74 Å². The van der Waals surface area contributed by atoms with Gasteiger partial charge in [0.1, 0.15) is 0 Å². The highest BCUT2D eigenvalue weighted by Crippen LogP contribution is 2.51. The molecule has 0 spiro atoms. The Bertz CT molecular complexity index is 2670. The predicted molar refractivity (Wildman–Crippen MR) is 210 cm³/mol. The molecule has 50 heavy (non-hydrogen) atoms. The predicted octanol–water partition coefficient (Wildman–Crippen LogP) is 13.7. The first-order valence-corrected chi connectivity index (χ1v) is 17.1. The Morgan fingerprint density at radius 1 is 0.280 bits per heavy atom. The Morgan fingerprint density at radius 2 is 0.720 bits per heavy atom. The van der Waals surface area contributed by atoms with Crippen LogP contribution in [0, 0.1) is 0 Å². The van der Waals surface area contributed by atoms with E-state index in [1.165, 1.54) is 54.6 Å². The van der Waals surface area contributed by atoms with Gasteiger partial charge in [-0.1, -0.05) is 133 Å². The second kappa shape index (κ2) is 11.5. The minimum absolute atomic E-state index is 0.841. The number of benzene rings is 9. The van der Waals surface area contributed by atoms with Gasteiger partial charge in [-0.3, -0.25) is 0 Å². The number of hydrogen-bond acceptors (Lipinski definition) is 2. The van der Waals surface area contributed by atoms with E-state index in [1.807, 2.05) is 24.3 Å². The van der Waals surface area contributed by atoms with Gasteiger partial charge in [0.25, 0.3) is 0 Å². The molecular formula is C48H31NO. The van der Waals surface area contributed by atoms with E-state index in [1.54, 1.807) is 0 Å². The summed E-state index contributed by atoms with van der Waals surface area (Å²) in [5, 5.41) is 7.65. The second-order valence-corrected chi connectivity index (χ2v) is 12.9. The van der Waals surface area contributed by atoms with Crippen LogP contribution in [-0.2, 0) is 0 Å². The number of rotatable bonds is 4. The SMILES string of the molecule is c1ccc(-c2cccc(-c3cc(-c4ccc5c6ccccc6c6ccccc6c5c4)cc(N4c5ccccc5Oc5ccccc54)c3)c2)cc1. The molecular weight excluding hydrogens is 607 g/mol. The molecule has 9 aromatic rings. The number of para-hydroxylation sites is 4. The fourth-order valence-corrected chi connectivity index (χ4v) is 7.65. The summed E-state index contributed by atoms with van der Waals surface area (Å²) in [6.45, 7) is 0. The minimum atomic E-state index is 0.841. The van der Waals surface area contributed by atoms with Crippen LogP contribution in [0.25, 0.3) is 65.7 Å². The maximum Gasteiger partial charge on any atom is 0.151 e. The number of nitrogens with zero attached hydrogens (tertiary/aromatic N) is 1. The summed E-state index contributed by atoms with van der Waals surface area (Å²) in [7, 11) is 0. The first-order chi connectivity index (χ1) is 24.8. The van der Waals surface area contributed by atoms with Gasteiger partial charge >= 0.3 is 0 Å². The minimum Gasteiger partial charge on any atom is -0.453 e. The van der Waals surface area contributed by atoms with Crippen LogP contribution < -0.4 is 9.64 Å². The Balaban J connectivity index is 1.23. The molecule has 1 aliphatic heterocycles. The Morgan fingerprint density at radius 3 is 1.34 bits per heavy atom. The molecule has 0 atom stereocenters. The lowest BCUT2D eigenvalue weighted by molar-refractivity contribution is 0.477. The number of fused-ring (bicyclic) bond motifs is 8. The molecule has 9 aromatic carbocycles. The number of anilines is 3. The van der Waals surface area contributed by atoms with Gasteiger partial charge in [0.15, 0.2) is 11.5 Å². The molecule has 10 rings (SSSR count). The summed E-state index contributed by atoms with van der Waals surface area (Å²) < 4.78 is 6.41. The van der Waals surface area contributed by atoms with E-state index < -0.39 is 0 Å². The largest absolute Gasteiger partial charge is 0.453 e. The van der Waals surface area contributed by atoms with Gasteiger partial charge < -0.3 is 9.64 Å². The molecule has 0 N–H and O–H groups in total. The van der Waals surface area contributed by atoms with Crippen LogP contribution in [0.3, 0.4) is 0 Å². The van der Waals surface area contributed by atoms with Crippen molar-refractivity contribution in [2.75, 3.05) is 4.90 Å². The van der Waals surface area contributed by atoms with Crippen molar-refractivity contribution in [1.29, 1.82) is 0 Å². The standard InChI is InChI=1S/C48H31NO/c1-2-13-32(14-3-1)33-15-12-16-34(27-33)36-28-37(30-38(29-36)49-45-21-8-10-23-47(45)50-48-24-11-9-22-46(48)49)35-25-26-43-41-19-5-4-17-39(41)40-18-6-7-20-42(40)44(43)31-35/h1-31H. The molecule has 1 heterocycles. The summed E-state index contributed by atoms with van der Waals surface area (Å²) in [4.78, 5) is 2.34. The van der Waals surface area contributed by atoms with Gasteiger partial charge in [0, 0.05) is 5.69 Å². The van der Waals surface area contributed by atoms with Gasteiger partial charge in [-0.2, -0.15) is 0 Å². The molecule has 0 aromatic heterocycles. The Kier molecular flexibility index (Phi) is 6.53. The van der Waals surface area contributed by atoms with Gasteiger partial charge in [0.2, 0.25) is 0 Å². The van der Waals surface area contributed by atoms with E-state index in [-0.39, 0.29) is 0 Å². The highest BCUT2D eigenvalue weighted by molar-refractivity contribution is 6.25. The molecule has 1 aliphatic rings. The molecule has 0 saturated carbocycles. The maximum absolute atomic E-state index is 6.41. The molecule has 2 heteroatoms. The summed E-state index contributed by atoms with van der Waals surface area (Å²) in [5.41, 5.74) is 10.2. The quantitative estimate of drug-likeness (QED) is 0.178. The van der Waals surface area contributed by atoms with E-state index >= 15 is 0 Å². The van der Waals surface area contributed by atoms with Crippen LogP contribution in [0.15, 0.2) is 188 Å². The van der Waals surface area contributed by atoms with Crippen molar-refractivity contribution in [1.82, 2.24) is 0 Å². The molecule has 0 bridgehead atoms. The zero-order valence-corrected chi connectivity index (χ0v) is 27.3. The Hall–Kier alpha value is -6.64. The van der Waals surface area contributed by atoms with Crippen molar-refractivity contribution in [2.24, 2.45) is 0 Å². The molecule has 0 amide bonds. The zero-order valence-electron chi connectivity index (χ0n) is 27.3. The first kappa shape index (κ1) is 28.4. The highest BCUT2D eigenvalue weighted by atomic mass is 16.5. The summed E-state index contributed by atoms with van der Waals surface area (Å²) in [6, 6.07) is 67.6. The third-order valence-corrected chi connectivity index (χ3v) is 9.99. The lowest BCUT2D eigenvalue weighted by Crippen LogP contribution is -2.15. The maximum atomic E-state index is 6.41. The fraction of sp³-hybridized carbons (Fsp3) is 0. The average Bonchev–Trinajstić information content (AvgIpc) is 3.20. The highest BCUT2D eigenvalue weighted by Gasteiger charge is 2.26. The molecule has 0 unspecified atom stereocenters. The summed E-state index contributed by atoms with van der Waals surface area (Å²) >= 11 is 0. The topological polar surface area (TPSA) is 12.5 Å². The first-order valence-electron chi connectivity index (χ1n) is 17.1. The van der Waals surface area contributed by atoms with Crippen molar-refractivity contribution < 1.29 is 4.74 Å². The van der Waals surface area contributed by atoms with Gasteiger partial charge in [-0.15, -0.1) is 0 Å². The van der Waals surface area contributed by atoms with Crippen LogP contribution >= 0.6 is 0 Å². The molecule has 0 fully saturated rings. The zero-order chi connectivity index (χ0) is 33.0. The summed E-state index contributed by atoms with van der Waals surface area (Å²) in [5.74, 6) is 1.68. The summed E-state index contributed by atoms with van der Waals surface area (Å²) in [6.07, 6.45) is 0. The van der Waals surface area contributed by atoms with Crippen LogP contribution in [0.4, 0.5) is 17.1 Å². The number of ether oxygens (including phenoxy) is 1. The molecule has 234 valence electrons. The van der Waals surface area contributed by atoms with Gasteiger partial charge in [0.05, 0.1) is 11.4 Å². The molecule has 2 nitrogen and oxygen atoms in total. The third-order valence-electron chi connectivity index (χ3n) is 9.99. The van der Waals surface area contributed by atoms with E-state index in [2.05, 4.69) is 169 Å². The van der Waals surface area contributed by atoms with Crippen molar-refractivity contribution >= 4 is 49.4 Å². The van der Waals surface area contributed by atoms with Crippen LogP contribution in [-0.4, -0.2) is 0 Å². The van der Waals surface area contributed by atoms with Crippen molar-refractivity contribution in [3.63, 3.8) is 0 Å². The van der Waals surface area contributed by atoms with Crippen molar-refractivity contribution in [3.05, 3.63) is 188 Å². The Labute approximate surface area is 291 Å². The van der Waals surface area contributed by atoms with Crippen molar-refractivity contribution in [3.8, 4) is 44.9 Å². The van der Waals surface area contributed by atoms with E-state index in [9.17, 15) is 0 Å². The van der Waals surface area contributed by atoms with Gasteiger partial charge in [-0.05, 0) is 120 Å². The second-order valence-electron chi connectivity index (χ2n) is 12.9. The van der Waals surface area contributed by atoms with Crippen LogP contribution in [0.1, 0.15) is 0 Å². The molecule has 0 radical (unpaired) electrons. The molecule has 0 aliphatic carbocycles. The van der Waals surface area contributed by atoms with E-state index in [0.717, 1.165) is 39.7 Å². The lowest BCUT2D eigenvalue weighted by atomic mass is 9.91. The van der Waals surface area contributed by atoms with Crippen LogP contribution in [0.5, 0.6) is 11.5 Å². The van der Waals surface area contributed by atoms with Crippen LogP contribution in [0.2, 0.25) is 0 Å². The van der Waals surface area contributed by atoms with Crippen molar-refractivity contribution in [2.45, 2.75) is 0 Å². The fourth-order valence-electron chi connectivity index (χ4n) is 7.65. The lowest BCUT2D eigenvalue weighted by Gasteiger charge is -2.33. The molecule has 0 saturated heterocycles. The van der Waals surface area contributed by atoms with Gasteiger partial charge in [-0.25, -0.2) is 0 Å². The number of hydrogen-bond donors (Lipinski definition) is 0. The third kappa shape index (κ3) is 4.65. The normalized spacial score (nSPS) is 12.1. The monoisotopic (exact) mass is 637 g/mol. The average molecular weight is 638 g/mol.